The Morgan fingerprint density at radius 2 is 1.07 bits per heavy atom. The zero-order valence-corrected chi connectivity index (χ0v) is 18.1. The summed E-state index contributed by atoms with van der Waals surface area (Å²) in [7, 11) is 0. The Morgan fingerprint density at radius 1 is 0.667 bits per heavy atom. The van der Waals surface area contributed by atoms with Gasteiger partial charge in [0.25, 0.3) is 0 Å². The van der Waals surface area contributed by atoms with E-state index >= 15 is 0 Å². The predicted octanol–water partition coefficient (Wildman–Crippen LogP) is 3.28. The minimum atomic E-state index is 0.261. The number of benzene rings is 2. The van der Waals surface area contributed by atoms with E-state index in [1.807, 2.05) is 36.4 Å². The molecule has 162 valence electrons. The van der Waals surface area contributed by atoms with E-state index in [0.29, 0.717) is 13.1 Å². The Hall–Kier alpha value is -2.70. The molecule has 6 heteroatoms. The summed E-state index contributed by atoms with van der Waals surface area (Å²) >= 11 is 0. The van der Waals surface area contributed by atoms with Gasteiger partial charge in [0.1, 0.15) is 11.5 Å². The van der Waals surface area contributed by atoms with Crippen molar-refractivity contribution in [1.82, 2.24) is 9.80 Å². The molecule has 2 aromatic carbocycles. The highest BCUT2D eigenvalue weighted by atomic mass is 16.3. The van der Waals surface area contributed by atoms with Crippen molar-refractivity contribution in [3.63, 3.8) is 0 Å². The molecular formula is C24H34N4O2. The third kappa shape index (κ3) is 8.35. The number of aromatic hydroxyl groups is 2. The number of nitrogens with zero attached hydrogens (tertiary/aromatic N) is 4. The molecule has 0 atom stereocenters. The molecule has 0 fully saturated rings. The Balaban J connectivity index is 1.70. The van der Waals surface area contributed by atoms with Crippen LogP contribution in [0.25, 0.3) is 0 Å². The summed E-state index contributed by atoms with van der Waals surface area (Å²) in [5.41, 5.74) is 1.50. The van der Waals surface area contributed by atoms with Crippen molar-refractivity contribution in [3.8, 4) is 11.5 Å². The van der Waals surface area contributed by atoms with Crippen molar-refractivity contribution in [3.05, 3.63) is 59.7 Å². The largest absolute Gasteiger partial charge is 0.507 e. The van der Waals surface area contributed by atoms with Gasteiger partial charge < -0.3 is 20.0 Å². The molecule has 0 heterocycles. The van der Waals surface area contributed by atoms with Crippen molar-refractivity contribution in [2.45, 2.75) is 13.8 Å². The van der Waals surface area contributed by atoms with Gasteiger partial charge in [0, 0.05) is 49.7 Å². The summed E-state index contributed by atoms with van der Waals surface area (Å²) in [6, 6.07) is 14.5. The molecule has 0 unspecified atom stereocenters. The maximum atomic E-state index is 9.78. The van der Waals surface area contributed by atoms with Crippen LogP contribution in [0.5, 0.6) is 11.5 Å². The molecule has 2 aromatic rings. The summed E-state index contributed by atoms with van der Waals surface area (Å²) in [5, 5.41) is 19.6. The summed E-state index contributed by atoms with van der Waals surface area (Å²) in [5.74, 6) is 0.523. The van der Waals surface area contributed by atoms with Crippen LogP contribution in [0.15, 0.2) is 58.5 Å². The SMILES string of the molecule is CCN(CCN=Cc1ccccc1O)CCN(CC)CCN=Cc1ccccc1O. The van der Waals surface area contributed by atoms with Gasteiger partial charge in [-0.2, -0.15) is 0 Å². The lowest BCUT2D eigenvalue weighted by molar-refractivity contribution is 0.221. The molecule has 0 aliphatic carbocycles. The fourth-order valence-corrected chi connectivity index (χ4v) is 3.06. The smallest absolute Gasteiger partial charge is 0.124 e. The predicted molar refractivity (Wildman–Crippen MR) is 125 cm³/mol. The van der Waals surface area contributed by atoms with E-state index < -0.39 is 0 Å². The van der Waals surface area contributed by atoms with Gasteiger partial charge in [-0.1, -0.05) is 38.1 Å². The van der Waals surface area contributed by atoms with Crippen molar-refractivity contribution in [2.24, 2.45) is 9.98 Å². The van der Waals surface area contributed by atoms with E-state index in [1.165, 1.54) is 0 Å². The minimum Gasteiger partial charge on any atom is -0.507 e. The molecule has 0 saturated heterocycles. The van der Waals surface area contributed by atoms with Crippen LogP contribution in [0.2, 0.25) is 0 Å². The van der Waals surface area contributed by atoms with Gasteiger partial charge in [-0.3, -0.25) is 9.98 Å². The Bertz CT molecular complexity index is 740. The highest BCUT2D eigenvalue weighted by Gasteiger charge is 2.06. The molecule has 0 amide bonds. The lowest BCUT2D eigenvalue weighted by Gasteiger charge is -2.25. The van der Waals surface area contributed by atoms with E-state index in [1.54, 1.807) is 24.6 Å². The van der Waals surface area contributed by atoms with Crippen LogP contribution < -0.4 is 0 Å². The van der Waals surface area contributed by atoms with Crippen LogP contribution in [0.1, 0.15) is 25.0 Å². The van der Waals surface area contributed by atoms with Crippen LogP contribution in [0.3, 0.4) is 0 Å². The maximum absolute atomic E-state index is 9.78. The molecule has 0 aromatic heterocycles. The van der Waals surface area contributed by atoms with Gasteiger partial charge in [-0.25, -0.2) is 0 Å². The highest BCUT2D eigenvalue weighted by molar-refractivity contribution is 5.83. The van der Waals surface area contributed by atoms with Crippen molar-refractivity contribution < 1.29 is 10.2 Å². The number of likely N-dealkylation sites (N-methyl/N-ethyl adjacent to an activating group) is 2. The first-order chi connectivity index (χ1) is 14.6. The molecule has 6 nitrogen and oxygen atoms in total. The molecule has 0 spiro atoms. The number of aliphatic imine (C=N–C) groups is 2. The summed E-state index contributed by atoms with van der Waals surface area (Å²) in [6.45, 7) is 11.5. The van der Waals surface area contributed by atoms with Gasteiger partial charge in [0.15, 0.2) is 0 Å². The molecule has 2 rings (SSSR count). The molecule has 2 N–H and O–H groups in total. The molecule has 0 aliphatic rings. The van der Waals surface area contributed by atoms with E-state index in [4.69, 9.17) is 0 Å². The maximum Gasteiger partial charge on any atom is 0.124 e. The molecular weight excluding hydrogens is 376 g/mol. The molecule has 0 bridgehead atoms. The number of rotatable bonds is 13. The zero-order chi connectivity index (χ0) is 21.6. The normalized spacial score (nSPS) is 12.0. The standard InChI is InChI=1S/C24H34N4O2/c1-3-27(15-13-25-19-21-9-5-7-11-23(21)29)17-18-28(4-2)16-14-26-20-22-10-6-8-12-24(22)30/h5-12,19-20,29-30H,3-4,13-18H2,1-2H3. The number of para-hydroxylation sites is 2. The third-order valence-electron chi connectivity index (χ3n) is 5.05. The van der Waals surface area contributed by atoms with Crippen LogP contribution in [-0.2, 0) is 0 Å². The van der Waals surface area contributed by atoms with Crippen molar-refractivity contribution in [1.29, 1.82) is 0 Å². The first-order valence-electron chi connectivity index (χ1n) is 10.6. The fraction of sp³-hybridized carbons (Fsp3) is 0.417. The average Bonchev–Trinajstić information content (AvgIpc) is 2.76. The quantitative estimate of drug-likeness (QED) is 0.497. The number of hydrogen-bond donors (Lipinski definition) is 2. The second-order valence-corrected chi connectivity index (χ2v) is 7.06. The first-order valence-corrected chi connectivity index (χ1v) is 10.6. The third-order valence-corrected chi connectivity index (χ3v) is 5.05. The number of phenolic OH excluding ortho intramolecular Hbond substituents is 2. The Labute approximate surface area is 180 Å². The molecule has 30 heavy (non-hydrogen) atoms. The molecule has 0 saturated carbocycles. The van der Waals surface area contributed by atoms with E-state index in [2.05, 4.69) is 33.6 Å². The van der Waals surface area contributed by atoms with Gasteiger partial charge in [-0.05, 0) is 37.4 Å². The first kappa shape index (κ1) is 23.6. The second-order valence-electron chi connectivity index (χ2n) is 7.06. The molecule has 0 radical (unpaired) electrons. The van der Waals surface area contributed by atoms with Crippen molar-refractivity contribution >= 4 is 12.4 Å². The zero-order valence-electron chi connectivity index (χ0n) is 18.1. The topological polar surface area (TPSA) is 71.7 Å². The average molecular weight is 411 g/mol. The summed E-state index contributed by atoms with van der Waals surface area (Å²) in [4.78, 5) is 13.7. The van der Waals surface area contributed by atoms with E-state index in [0.717, 1.165) is 50.4 Å². The van der Waals surface area contributed by atoms with E-state index in [-0.39, 0.29) is 11.5 Å². The van der Waals surface area contributed by atoms with E-state index in [9.17, 15) is 10.2 Å². The van der Waals surface area contributed by atoms with Gasteiger partial charge in [-0.15, -0.1) is 0 Å². The Kier molecular flexibility index (Phi) is 10.6. The highest BCUT2D eigenvalue weighted by Crippen LogP contribution is 2.13. The van der Waals surface area contributed by atoms with Crippen LogP contribution >= 0.6 is 0 Å². The lowest BCUT2D eigenvalue weighted by Crippen LogP contribution is -2.37. The molecule has 0 aliphatic heterocycles. The number of phenols is 2. The van der Waals surface area contributed by atoms with Crippen molar-refractivity contribution in [2.75, 3.05) is 52.4 Å². The summed E-state index contributed by atoms with van der Waals surface area (Å²) in [6.07, 6.45) is 3.48. The minimum absolute atomic E-state index is 0.261. The Morgan fingerprint density at radius 3 is 1.43 bits per heavy atom. The van der Waals surface area contributed by atoms with Crippen LogP contribution in [0, 0.1) is 0 Å². The van der Waals surface area contributed by atoms with Crippen LogP contribution in [-0.4, -0.2) is 84.8 Å². The van der Waals surface area contributed by atoms with Gasteiger partial charge in [0.2, 0.25) is 0 Å². The second kappa shape index (κ2) is 13.5. The summed E-state index contributed by atoms with van der Waals surface area (Å²) < 4.78 is 0. The monoisotopic (exact) mass is 410 g/mol. The van der Waals surface area contributed by atoms with Gasteiger partial charge in [0.05, 0.1) is 13.1 Å². The lowest BCUT2D eigenvalue weighted by atomic mass is 10.2. The fourth-order valence-electron chi connectivity index (χ4n) is 3.06. The van der Waals surface area contributed by atoms with Gasteiger partial charge >= 0.3 is 0 Å². The number of hydrogen-bond acceptors (Lipinski definition) is 6. The van der Waals surface area contributed by atoms with Crippen LogP contribution in [0.4, 0.5) is 0 Å².